The number of fused-ring (bicyclic) bond motifs is 1. The number of aromatic nitrogens is 3. The first kappa shape index (κ1) is 20.1. The number of benzene rings is 2. The molecule has 4 rings (SSSR count). The fourth-order valence-corrected chi connectivity index (χ4v) is 3.45. The summed E-state index contributed by atoms with van der Waals surface area (Å²) in [5.74, 6) is -0.0922. The summed E-state index contributed by atoms with van der Waals surface area (Å²) < 4.78 is 6.60. The Morgan fingerprint density at radius 1 is 1.16 bits per heavy atom. The lowest BCUT2D eigenvalue weighted by Crippen LogP contribution is -2.31. The van der Waals surface area contributed by atoms with Crippen LogP contribution in [0.1, 0.15) is 35.8 Å². The minimum atomic E-state index is -0.529. The number of phenols is 1. The van der Waals surface area contributed by atoms with Gasteiger partial charge in [-0.05, 0) is 55.8 Å². The number of hydrogen-bond donors (Lipinski definition) is 3. The summed E-state index contributed by atoms with van der Waals surface area (Å²) >= 11 is 0. The van der Waals surface area contributed by atoms with Crippen molar-refractivity contribution in [1.29, 1.82) is 0 Å². The van der Waals surface area contributed by atoms with Gasteiger partial charge in [-0.15, -0.1) is 0 Å². The second kappa shape index (κ2) is 8.31. The minimum absolute atomic E-state index is 0.130. The van der Waals surface area contributed by atoms with E-state index in [1.807, 2.05) is 0 Å². The van der Waals surface area contributed by atoms with Crippen molar-refractivity contribution in [3.63, 3.8) is 0 Å². The fraction of sp³-hybridized carbons (Fsp3) is 0.182. The number of amides is 1. The van der Waals surface area contributed by atoms with Gasteiger partial charge in [0.15, 0.2) is 0 Å². The predicted molar refractivity (Wildman–Crippen MR) is 114 cm³/mol. The van der Waals surface area contributed by atoms with Gasteiger partial charge in [-0.2, -0.15) is 10.1 Å². The first-order valence-corrected chi connectivity index (χ1v) is 9.72. The van der Waals surface area contributed by atoms with E-state index in [0.29, 0.717) is 35.1 Å². The molecule has 0 bridgehead atoms. The fourth-order valence-electron chi connectivity index (χ4n) is 3.45. The predicted octanol–water partition coefficient (Wildman–Crippen LogP) is 3.09. The molecule has 0 saturated heterocycles. The maximum atomic E-state index is 13.3. The summed E-state index contributed by atoms with van der Waals surface area (Å²) in [7, 11) is 0. The van der Waals surface area contributed by atoms with Gasteiger partial charge in [-0.3, -0.25) is 4.79 Å². The van der Waals surface area contributed by atoms with Gasteiger partial charge in [0.2, 0.25) is 5.95 Å². The van der Waals surface area contributed by atoms with E-state index < -0.39 is 12.0 Å². The van der Waals surface area contributed by atoms with Crippen molar-refractivity contribution in [2.45, 2.75) is 19.9 Å². The molecule has 0 saturated carbocycles. The second-order valence-corrected chi connectivity index (χ2v) is 6.94. The molecule has 9 nitrogen and oxygen atoms in total. The highest BCUT2D eigenvalue weighted by atomic mass is 16.5. The number of rotatable bonds is 5. The highest BCUT2D eigenvalue weighted by Gasteiger charge is 2.33. The van der Waals surface area contributed by atoms with Gasteiger partial charge in [0, 0.05) is 11.4 Å². The van der Waals surface area contributed by atoms with Crippen LogP contribution >= 0.6 is 0 Å². The van der Waals surface area contributed by atoms with Gasteiger partial charge in [0.25, 0.3) is 5.91 Å². The number of carbonyl (C=O) groups is 2. The zero-order valence-electron chi connectivity index (χ0n) is 17.0. The summed E-state index contributed by atoms with van der Waals surface area (Å²) in [6.45, 7) is 3.83. The molecule has 31 heavy (non-hydrogen) atoms. The van der Waals surface area contributed by atoms with Crippen LogP contribution in [-0.2, 0) is 9.53 Å². The Morgan fingerprint density at radius 2 is 1.87 bits per heavy atom. The van der Waals surface area contributed by atoms with Crippen LogP contribution in [0.3, 0.4) is 0 Å². The molecule has 1 amide bonds. The smallest absolute Gasteiger partial charge is 0.338 e. The summed E-state index contributed by atoms with van der Waals surface area (Å²) in [6.07, 6.45) is 1.41. The first-order chi connectivity index (χ1) is 15.0. The van der Waals surface area contributed by atoms with Gasteiger partial charge in [0.1, 0.15) is 18.1 Å². The van der Waals surface area contributed by atoms with E-state index >= 15 is 0 Å². The van der Waals surface area contributed by atoms with Crippen LogP contribution in [-0.4, -0.2) is 38.4 Å². The van der Waals surface area contributed by atoms with Crippen molar-refractivity contribution in [3.8, 4) is 5.75 Å². The molecule has 0 fully saturated rings. The third kappa shape index (κ3) is 3.97. The molecule has 1 atom stereocenters. The number of ether oxygens (including phenoxy) is 1. The average molecular weight is 419 g/mol. The number of esters is 1. The molecule has 0 radical (unpaired) electrons. The molecular weight excluding hydrogens is 398 g/mol. The van der Waals surface area contributed by atoms with Crippen LogP contribution in [0.5, 0.6) is 5.75 Å². The number of nitrogens with one attached hydrogen (secondary N) is 2. The average Bonchev–Trinajstić information content (AvgIpc) is 3.22. The van der Waals surface area contributed by atoms with Crippen molar-refractivity contribution in [2.75, 3.05) is 17.2 Å². The van der Waals surface area contributed by atoms with E-state index in [-0.39, 0.29) is 11.7 Å². The number of nitrogens with zero attached hydrogens (tertiary/aromatic N) is 3. The molecule has 0 aliphatic carbocycles. The monoisotopic (exact) mass is 419 g/mol. The van der Waals surface area contributed by atoms with Gasteiger partial charge in [0.05, 0.1) is 17.7 Å². The van der Waals surface area contributed by atoms with Crippen molar-refractivity contribution < 1.29 is 19.4 Å². The molecule has 3 N–H and O–H groups in total. The van der Waals surface area contributed by atoms with Gasteiger partial charge < -0.3 is 20.5 Å². The molecule has 1 unspecified atom stereocenters. The Bertz CT molecular complexity index is 1150. The van der Waals surface area contributed by atoms with Crippen LogP contribution in [0.4, 0.5) is 11.6 Å². The van der Waals surface area contributed by atoms with E-state index in [4.69, 9.17) is 4.74 Å². The summed E-state index contributed by atoms with van der Waals surface area (Å²) in [4.78, 5) is 29.3. The van der Waals surface area contributed by atoms with Crippen LogP contribution in [0.2, 0.25) is 0 Å². The lowest BCUT2D eigenvalue weighted by atomic mass is 9.95. The summed E-state index contributed by atoms with van der Waals surface area (Å²) in [5, 5.41) is 19.9. The molecule has 158 valence electrons. The van der Waals surface area contributed by atoms with E-state index in [1.165, 1.54) is 6.33 Å². The van der Waals surface area contributed by atoms with Gasteiger partial charge in [-0.1, -0.05) is 12.1 Å². The molecule has 1 aromatic heterocycles. The SMILES string of the molecule is CCOC(=O)c1ccc(NC(=O)C2=C(C)Nc3ncnn3C2c2ccc(O)cc2)cc1. The minimum Gasteiger partial charge on any atom is -0.508 e. The van der Waals surface area contributed by atoms with Gasteiger partial charge in [-0.25, -0.2) is 9.48 Å². The maximum Gasteiger partial charge on any atom is 0.338 e. The number of phenolic OH excluding ortho intramolecular Hbond substituents is 1. The molecule has 9 heteroatoms. The van der Waals surface area contributed by atoms with E-state index in [0.717, 1.165) is 5.56 Å². The van der Waals surface area contributed by atoms with E-state index in [9.17, 15) is 14.7 Å². The maximum absolute atomic E-state index is 13.3. The Kier molecular flexibility index (Phi) is 5.40. The first-order valence-electron chi connectivity index (χ1n) is 9.72. The van der Waals surface area contributed by atoms with Crippen LogP contribution in [0, 0.1) is 0 Å². The van der Waals surface area contributed by atoms with Gasteiger partial charge >= 0.3 is 5.97 Å². The van der Waals surface area contributed by atoms with Crippen LogP contribution < -0.4 is 10.6 Å². The number of carbonyl (C=O) groups excluding carboxylic acids is 2. The second-order valence-electron chi connectivity index (χ2n) is 6.94. The standard InChI is InChI=1S/C22H21N5O4/c1-3-31-21(30)15-4-8-16(9-5-15)26-20(29)18-13(2)25-22-23-12-24-27(22)19(18)14-6-10-17(28)11-7-14/h4-12,19,28H,3H2,1-2H3,(H,26,29)(H,23,24,25). The Balaban J connectivity index is 1.63. The number of aromatic hydroxyl groups is 1. The highest BCUT2D eigenvalue weighted by Crippen LogP contribution is 2.35. The molecular formula is C22H21N5O4. The topological polar surface area (TPSA) is 118 Å². The van der Waals surface area contributed by atoms with Crippen LogP contribution in [0.15, 0.2) is 66.1 Å². The lowest BCUT2D eigenvalue weighted by molar-refractivity contribution is -0.113. The quantitative estimate of drug-likeness (QED) is 0.544. The molecule has 1 aliphatic rings. The normalized spacial score (nSPS) is 15.1. The van der Waals surface area contributed by atoms with Crippen molar-refractivity contribution >= 4 is 23.5 Å². The summed E-state index contributed by atoms with van der Waals surface area (Å²) in [6, 6.07) is 12.6. The molecule has 2 heterocycles. The Morgan fingerprint density at radius 3 is 2.55 bits per heavy atom. The highest BCUT2D eigenvalue weighted by molar-refractivity contribution is 6.06. The van der Waals surface area contributed by atoms with Crippen molar-refractivity contribution in [3.05, 3.63) is 77.3 Å². The third-order valence-electron chi connectivity index (χ3n) is 4.90. The molecule has 2 aromatic carbocycles. The molecule has 1 aliphatic heterocycles. The van der Waals surface area contributed by atoms with E-state index in [2.05, 4.69) is 20.7 Å². The third-order valence-corrected chi connectivity index (χ3v) is 4.90. The van der Waals surface area contributed by atoms with Crippen LogP contribution in [0.25, 0.3) is 0 Å². The number of hydrogen-bond acceptors (Lipinski definition) is 7. The van der Waals surface area contributed by atoms with Crippen molar-refractivity contribution in [2.24, 2.45) is 0 Å². The Hall–Kier alpha value is -4.14. The zero-order valence-corrected chi connectivity index (χ0v) is 17.0. The lowest BCUT2D eigenvalue weighted by Gasteiger charge is -2.28. The zero-order chi connectivity index (χ0) is 22.0. The molecule has 0 spiro atoms. The molecule has 3 aromatic rings. The number of allylic oxidation sites excluding steroid dienone is 1. The number of anilines is 2. The Labute approximate surface area is 178 Å². The largest absolute Gasteiger partial charge is 0.508 e. The summed E-state index contributed by atoms with van der Waals surface area (Å²) in [5.41, 5.74) is 2.81. The van der Waals surface area contributed by atoms with E-state index in [1.54, 1.807) is 67.1 Å². The van der Waals surface area contributed by atoms with Crippen molar-refractivity contribution in [1.82, 2.24) is 14.8 Å².